The average molecular weight is 245 g/mol. The Morgan fingerprint density at radius 1 is 1.17 bits per heavy atom. The molecule has 0 saturated heterocycles. The van der Waals surface area contributed by atoms with E-state index in [2.05, 4.69) is 16.7 Å². The van der Waals surface area contributed by atoms with Crippen LogP contribution in [0.4, 0.5) is 0 Å². The SMILES string of the molecule is Cc1c(CN)cnn1C1C2CC3CC(C2)CC1C3. The van der Waals surface area contributed by atoms with E-state index in [0.29, 0.717) is 12.6 Å². The van der Waals surface area contributed by atoms with E-state index in [1.165, 1.54) is 43.4 Å². The van der Waals surface area contributed by atoms with Gasteiger partial charge in [0.05, 0.1) is 12.2 Å². The van der Waals surface area contributed by atoms with Gasteiger partial charge < -0.3 is 5.73 Å². The van der Waals surface area contributed by atoms with E-state index in [1.807, 2.05) is 6.20 Å². The monoisotopic (exact) mass is 245 g/mol. The van der Waals surface area contributed by atoms with E-state index in [1.54, 1.807) is 0 Å². The molecule has 0 aliphatic heterocycles. The second kappa shape index (κ2) is 3.83. The fraction of sp³-hybridized carbons (Fsp3) is 0.800. The summed E-state index contributed by atoms with van der Waals surface area (Å²) < 4.78 is 2.33. The van der Waals surface area contributed by atoms with Crippen molar-refractivity contribution in [3.8, 4) is 0 Å². The van der Waals surface area contributed by atoms with Crippen molar-refractivity contribution >= 4 is 0 Å². The molecule has 4 saturated carbocycles. The minimum absolute atomic E-state index is 0.624. The summed E-state index contributed by atoms with van der Waals surface area (Å²) in [6.45, 7) is 2.82. The molecule has 4 bridgehead atoms. The molecule has 3 heteroatoms. The summed E-state index contributed by atoms with van der Waals surface area (Å²) in [5.41, 5.74) is 8.33. The van der Waals surface area contributed by atoms with Crippen molar-refractivity contribution in [3.05, 3.63) is 17.5 Å². The highest BCUT2D eigenvalue weighted by Crippen LogP contribution is 2.58. The minimum Gasteiger partial charge on any atom is -0.326 e. The summed E-state index contributed by atoms with van der Waals surface area (Å²) in [5.74, 6) is 3.86. The van der Waals surface area contributed by atoms with Crippen molar-refractivity contribution in [3.63, 3.8) is 0 Å². The molecule has 3 nitrogen and oxygen atoms in total. The first-order valence-electron chi connectivity index (χ1n) is 7.49. The van der Waals surface area contributed by atoms with Crippen molar-refractivity contribution in [2.45, 2.75) is 51.6 Å². The standard InChI is InChI=1S/C15H23N3/c1-9-14(7-16)8-17-18(9)15-12-3-10-2-11(5-12)6-13(15)4-10/h8,10-13,15H,2-7,16H2,1H3. The van der Waals surface area contributed by atoms with Crippen LogP contribution in [0, 0.1) is 30.6 Å². The molecule has 0 spiro atoms. The van der Waals surface area contributed by atoms with E-state index in [9.17, 15) is 0 Å². The molecule has 0 radical (unpaired) electrons. The molecule has 4 fully saturated rings. The van der Waals surface area contributed by atoms with Crippen LogP contribution in [0.15, 0.2) is 6.20 Å². The third-order valence-corrected chi connectivity index (χ3v) is 5.83. The van der Waals surface area contributed by atoms with E-state index >= 15 is 0 Å². The summed E-state index contributed by atoms with van der Waals surface area (Å²) in [6, 6.07) is 0.679. The summed E-state index contributed by atoms with van der Waals surface area (Å²) in [4.78, 5) is 0. The molecule has 1 heterocycles. The first-order valence-corrected chi connectivity index (χ1v) is 7.49. The van der Waals surface area contributed by atoms with Gasteiger partial charge in [0.2, 0.25) is 0 Å². The Bertz CT molecular complexity index is 434. The Morgan fingerprint density at radius 3 is 2.28 bits per heavy atom. The molecule has 18 heavy (non-hydrogen) atoms. The molecule has 2 N–H and O–H groups in total. The fourth-order valence-electron chi connectivity index (χ4n) is 5.26. The number of nitrogens with zero attached hydrogens (tertiary/aromatic N) is 2. The Kier molecular flexibility index (Phi) is 2.35. The molecule has 1 aromatic heterocycles. The van der Waals surface area contributed by atoms with Gasteiger partial charge in [-0.05, 0) is 62.7 Å². The third kappa shape index (κ3) is 1.43. The molecule has 1 aromatic rings. The maximum atomic E-state index is 5.79. The zero-order chi connectivity index (χ0) is 12.3. The van der Waals surface area contributed by atoms with Gasteiger partial charge >= 0.3 is 0 Å². The Labute approximate surface area is 109 Å². The quantitative estimate of drug-likeness (QED) is 0.870. The molecule has 0 unspecified atom stereocenters. The van der Waals surface area contributed by atoms with Crippen LogP contribution < -0.4 is 5.73 Å². The highest BCUT2D eigenvalue weighted by atomic mass is 15.3. The summed E-state index contributed by atoms with van der Waals surface area (Å²) in [6.07, 6.45) is 9.32. The van der Waals surface area contributed by atoms with Crippen molar-refractivity contribution in [2.75, 3.05) is 0 Å². The van der Waals surface area contributed by atoms with Gasteiger partial charge in [0, 0.05) is 17.8 Å². The predicted octanol–water partition coefficient (Wildman–Crippen LogP) is 2.65. The lowest BCUT2D eigenvalue weighted by Crippen LogP contribution is -2.46. The Balaban J connectivity index is 1.70. The first kappa shape index (κ1) is 11.0. The van der Waals surface area contributed by atoms with Gasteiger partial charge in [-0.3, -0.25) is 4.68 Å². The van der Waals surface area contributed by atoms with Crippen LogP contribution >= 0.6 is 0 Å². The van der Waals surface area contributed by atoms with Crippen LogP contribution in [-0.2, 0) is 6.54 Å². The maximum absolute atomic E-state index is 5.79. The van der Waals surface area contributed by atoms with Crippen LogP contribution in [0.1, 0.15) is 49.4 Å². The van der Waals surface area contributed by atoms with Crippen molar-refractivity contribution in [2.24, 2.45) is 29.4 Å². The second-order valence-corrected chi connectivity index (χ2v) is 6.83. The molecule has 4 aliphatic carbocycles. The van der Waals surface area contributed by atoms with Crippen LogP contribution in [0.3, 0.4) is 0 Å². The van der Waals surface area contributed by atoms with Gasteiger partial charge in [-0.1, -0.05) is 0 Å². The third-order valence-electron chi connectivity index (χ3n) is 5.83. The van der Waals surface area contributed by atoms with Gasteiger partial charge in [0.25, 0.3) is 0 Å². The smallest absolute Gasteiger partial charge is 0.0579 e. The number of rotatable bonds is 2. The molecule has 0 atom stereocenters. The normalized spacial score (nSPS) is 41.6. The maximum Gasteiger partial charge on any atom is 0.0579 e. The summed E-state index contributed by atoms with van der Waals surface area (Å²) in [7, 11) is 0. The largest absolute Gasteiger partial charge is 0.326 e. The molecular weight excluding hydrogens is 222 g/mol. The number of nitrogens with two attached hydrogens (primary N) is 1. The first-order chi connectivity index (χ1) is 8.76. The second-order valence-electron chi connectivity index (χ2n) is 6.83. The van der Waals surface area contributed by atoms with E-state index in [0.717, 1.165) is 23.7 Å². The zero-order valence-electron chi connectivity index (χ0n) is 11.2. The number of aromatic nitrogens is 2. The molecule has 98 valence electrons. The van der Waals surface area contributed by atoms with Crippen molar-refractivity contribution < 1.29 is 0 Å². The van der Waals surface area contributed by atoms with Crippen molar-refractivity contribution in [1.82, 2.24) is 9.78 Å². The van der Waals surface area contributed by atoms with E-state index in [4.69, 9.17) is 5.73 Å². The van der Waals surface area contributed by atoms with E-state index < -0.39 is 0 Å². The topological polar surface area (TPSA) is 43.8 Å². The number of hydrogen-bond acceptors (Lipinski definition) is 2. The van der Waals surface area contributed by atoms with Gasteiger partial charge in [0.1, 0.15) is 0 Å². The lowest BCUT2D eigenvalue weighted by molar-refractivity contribution is -0.0344. The van der Waals surface area contributed by atoms with Crippen LogP contribution in [-0.4, -0.2) is 9.78 Å². The van der Waals surface area contributed by atoms with Crippen LogP contribution in [0.25, 0.3) is 0 Å². The molecule has 5 rings (SSSR count). The Hall–Kier alpha value is -0.830. The Morgan fingerprint density at radius 2 is 1.78 bits per heavy atom. The van der Waals surface area contributed by atoms with Gasteiger partial charge in [-0.15, -0.1) is 0 Å². The lowest BCUT2D eigenvalue weighted by Gasteiger charge is -2.54. The molecule has 4 aliphatic rings. The highest BCUT2D eigenvalue weighted by Gasteiger charge is 2.49. The fourth-order valence-corrected chi connectivity index (χ4v) is 5.26. The summed E-state index contributed by atoms with van der Waals surface area (Å²) in [5, 5.41) is 4.67. The van der Waals surface area contributed by atoms with Gasteiger partial charge in [-0.25, -0.2) is 0 Å². The van der Waals surface area contributed by atoms with Crippen molar-refractivity contribution in [1.29, 1.82) is 0 Å². The molecule has 0 aromatic carbocycles. The predicted molar refractivity (Wildman–Crippen MR) is 70.9 cm³/mol. The lowest BCUT2D eigenvalue weighted by atomic mass is 9.54. The van der Waals surface area contributed by atoms with E-state index in [-0.39, 0.29) is 0 Å². The van der Waals surface area contributed by atoms with Crippen LogP contribution in [0.5, 0.6) is 0 Å². The molecule has 0 amide bonds. The van der Waals surface area contributed by atoms with Gasteiger partial charge in [0.15, 0.2) is 0 Å². The zero-order valence-corrected chi connectivity index (χ0v) is 11.2. The molecular formula is C15H23N3. The van der Waals surface area contributed by atoms with Gasteiger partial charge in [-0.2, -0.15) is 5.10 Å². The summed E-state index contributed by atoms with van der Waals surface area (Å²) >= 11 is 0. The average Bonchev–Trinajstić information content (AvgIpc) is 2.70. The highest BCUT2D eigenvalue weighted by molar-refractivity contribution is 5.17. The number of hydrogen-bond donors (Lipinski definition) is 1. The minimum atomic E-state index is 0.624. The van der Waals surface area contributed by atoms with Crippen LogP contribution in [0.2, 0.25) is 0 Å².